The molecule has 1 aliphatic rings. The average molecular weight is 402 g/mol. The fraction of sp³-hybridized carbons (Fsp3) is 0.300. The van der Waals surface area contributed by atoms with Gasteiger partial charge in [0.2, 0.25) is 0 Å². The second kappa shape index (κ2) is 7.11. The van der Waals surface area contributed by atoms with Crippen LogP contribution in [-0.2, 0) is 5.60 Å². The van der Waals surface area contributed by atoms with E-state index in [4.69, 9.17) is 11.6 Å². The first-order valence-electron chi connectivity index (χ1n) is 8.83. The summed E-state index contributed by atoms with van der Waals surface area (Å²) in [5.74, 6) is -0.000133. The van der Waals surface area contributed by atoms with Crippen molar-refractivity contribution in [2.45, 2.75) is 25.4 Å². The Morgan fingerprint density at radius 2 is 2.07 bits per heavy atom. The number of amides is 1. The molecule has 4 rings (SSSR count). The lowest BCUT2D eigenvalue weighted by Crippen LogP contribution is -2.45. The fourth-order valence-corrected chi connectivity index (χ4v) is 4.82. The van der Waals surface area contributed by atoms with E-state index < -0.39 is 5.60 Å². The van der Waals surface area contributed by atoms with E-state index in [1.165, 1.54) is 11.3 Å². The van der Waals surface area contributed by atoms with Gasteiger partial charge in [0.1, 0.15) is 0 Å². The van der Waals surface area contributed by atoms with Crippen molar-refractivity contribution >= 4 is 28.8 Å². The summed E-state index contributed by atoms with van der Waals surface area (Å²) in [6.45, 7) is 2.96. The molecular weight excluding hydrogens is 382 g/mol. The largest absolute Gasteiger partial charge is 0.385 e. The lowest BCUT2D eigenvalue weighted by atomic mass is 9.84. The van der Waals surface area contributed by atoms with E-state index in [-0.39, 0.29) is 5.91 Å². The predicted molar refractivity (Wildman–Crippen MR) is 107 cm³/mol. The molecule has 3 aromatic rings. The van der Waals surface area contributed by atoms with Crippen LogP contribution in [0.15, 0.2) is 41.9 Å². The standard InChI is InChI=1S/C20H20ClN3O2S/c1-13-15(11-22-23-13)18-10-14(12-27-18)19(25)24-8-6-20(26,7-9-24)16-4-2-3-5-17(16)21/h2-5,10-12,26H,6-9H2,1H3,(H,22,23). The first-order valence-corrected chi connectivity index (χ1v) is 10.1. The predicted octanol–water partition coefficient (Wildman–Crippen LogP) is 4.22. The molecule has 2 N–H and O–H groups in total. The Morgan fingerprint density at radius 3 is 2.74 bits per heavy atom. The van der Waals surface area contributed by atoms with Gasteiger partial charge in [-0.1, -0.05) is 29.8 Å². The summed E-state index contributed by atoms with van der Waals surface area (Å²) in [5, 5.41) is 20.4. The summed E-state index contributed by atoms with van der Waals surface area (Å²) < 4.78 is 0. The van der Waals surface area contributed by atoms with Gasteiger partial charge in [0.25, 0.3) is 5.91 Å². The monoisotopic (exact) mass is 401 g/mol. The molecule has 0 saturated carbocycles. The molecule has 3 heterocycles. The van der Waals surface area contributed by atoms with Crippen molar-refractivity contribution in [2.24, 2.45) is 0 Å². The number of hydrogen-bond acceptors (Lipinski definition) is 4. The summed E-state index contributed by atoms with van der Waals surface area (Å²) >= 11 is 7.80. The van der Waals surface area contributed by atoms with Gasteiger partial charge in [-0.2, -0.15) is 5.10 Å². The van der Waals surface area contributed by atoms with Gasteiger partial charge in [0.15, 0.2) is 0 Å². The van der Waals surface area contributed by atoms with Crippen molar-refractivity contribution < 1.29 is 9.90 Å². The SMILES string of the molecule is Cc1[nH]ncc1-c1cc(C(=O)N2CCC(O)(c3ccccc3Cl)CC2)cs1. The molecule has 140 valence electrons. The van der Waals surface area contributed by atoms with Crippen LogP contribution in [0.3, 0.4) is 0 Å². The Kier molecular flexibility index (Phi) is 4.80. The fourth-order valence-electron chi connectivity index (χ4n) is 3.56. The van der Waals surface area contributed by atoms with Gasteiger partial charge < -0.3 is 10.0 Å². The number of thiophene rings is 1. The highest BCUT2D eigenvalue weighted by Gasteiger charge is 2.37. The number of carbonyl (C=O) groups excluding carboxylic acids is 1. The number of piperidine rings is 1. The van der Waals surface area contributed by atoms with Gasteiger partial charge >= 0.3 is 0 Å². The molecule has 0 bridgehead atoms. The highest BCUT2D eigenvalue weighted by Crippen LogP contribution is 2.37. The Balaban J connectivity index is 1.47. The summed E-state index contributed by atoms with van der Waals surface area (Å²) in [6.07, 6.45) is 2.72. The quantitative estimate of drug-likeness (QED) is 0.690. The molecule has 0 atom stereocenters. The minimum absolute atomic E-state index is 0.000133. The number of aromatic nitrogens is 2. The normalized spacial score (nSPS) is 16.5. The maximum atomic E-state index is 12.9. The van der Waals surface area contributed by atoms with E-state index in [0.29, 0.717) is 36.5 Å². The molecule has 1 aliphatic heterocycles. The third-order valence-electron chi connectivity index (χ3n) is 5.19. The Hall–Kier alpha value is -2.15. The Labute approximate surface area is 166 Å². The molecular formula is C20H20ClN3O2S. The van der Waals surface area contributed by atoms with Crippen LogP contribution < -0.4 is 0 Å². The van der Waals surface area contributed by atoms with Crippen LogP contribution in [0.4, 0.5) is 0 Å². The number of halogens is 1. The van der Waals surface area contributed by atoms with Crippen molar-refractivity contribution in [1.82, 2.24) is 15.1 Å². The van der Waals surface area contributed by atoms with Crippen LogP contribution in [-0.4, -0.2) is 39.2 Å². The number of hydrogen-bond donors (Lipinski definition) is 2. The smallest absolute Gasteiger partial charge is 0.254 e. The zero-order chi connectivity index (χ0) is 19.0. The molecule has 0 unspecified atom stereocenters. The first-order chi connectivity index (χ1) is 13.0. The Bertz CT molecular complexity index is 973. The molecule has 1 amide bonds. The number of nitrogens with one attached hydrogen (secondary N) is 1. The third kappa shape index (κ3) is 3.40. The maximum Gasteiger partial charge on any atom is 0.254 e. The molecule has 2 aromatic heterocycles. The van der Waals surface area contributed by atoms with Crippen LogP contribution in [0, 0.1) is 6.92 Å². The summed E-state index contributed by atoms with van der Waals surface area (Å²) in [4.78, 5) is 15.7. The van der Waals surface area contributed by atoms with Crippen molar-refractivity contribution in [3.05, 3.63) is 63.8 Å². The van der Waals surface area contributed by atoms with Crippen LogP contribution in [0.5, 0.6) is 0 Å². The van der Waals surface area contributed by atoms with Crippen molar-refractivity contribution in [3.8, 4) is 10.4 Å². The molecule has 7 heteroatoms. The van der Waals surface area contributed by atoms with Gasteiger partial charge in [0.05, 0.1) is 17.4 Å². The van der Waals surface area contributed by atoms with E-state index >= 15 is 0 Å². The van der Waals surface area contributed by atoms with E-state index in [1.807, 2.05) is 36.6 Å². The van der Waals surface area contributed by atoms with Gasteiger partial charge in [-0.15, -0.1) is 11.3 Å². The summed E-state index contributed by atoms with van der Waals surface area (Å²) in [6, 6.07) is 9.29. The van der Waals surface area contributed by atoms with Crippen molar-refractivity contribution in [3.63, 3.8) is 0 Å². The number of aryl methyl sites for hydroxylation is 1. The Morgan fingerprint density at radius 1 is 1.33 bits per heavy atom. The van der Waals surface area contributed by atoms with E-state index in [1.54, 1.807) is 17.2 Å². The van der Waals surface area contributed by atoms with E-state index in [0.717, 1.165) is 21.7 Å². The molecule has 0 spiro atoms. The lowest BCUT2D eigenvalue weighted by molar-refractivity contribution is -0.0210. The number of benzene rings is 1. The van der Waals surface area contributed by atoms with Crippen LogP contribution in [0.1, 0.15) is 34.5 Å². The molecule has 0 radical (unpaired) electrons. The van der Waals surface area contributed by atoms with Crippen molar-refractivity contribution in [2.75, 3.05) is 13.1 Å². The molecule has 5 nitrogen and oxygen atoms in total. The highest BCUT2D eigenvalue weighted by atomic mass is 35.5. The zero-order valence-electron chi connectivity index (χ0n) is 14.9. The number of likely N-dealkylation sites (tertiary alicyclic amines) is 1. The minimum Gasteiger partial charge on any atom is -0.385 e. The molecule has 1 aromatic carbocycles. The number of aliphatic hydroxyl groups is 1. The second-order valence-electron chi connectivity index (χ2n) is 6.91. The van der Waals surface area contributed by atoms with E-state index in [2.05, 4.69) is 10.2 Å². The molecule has 0 aliphatic carbocycles. The van der Waals surface area contributed by atoms with E-state index in [9.17, 15) is 9.90 Å². The minimum atomic E-state index is -0.983. The number of H-pyrrole nitrogens is 1. The summed E-state index contributed by atoms with van der Waals surface area (Å²) in [5.41, 5.74) is 2.44. The van der Waals surface area contributed by atoms with Gasteiger partial charge in [-0.25, -0.2) is 0 Å². The van der Waals surface area contributed by atoms with Crippen LogP contribution in [0.2, 0.25) is 5.02 Å². The lowest BCUT2D eigenvalue weighted by Gasteiger charge is -2.38. The maximum absolute atomic E-state index is 12.9. The average Bonchev–Trinajstić information content (AvgIpc) is 3.31. The van der Waals surface area contributed by atoms with Gasteiger partial charge in [0, 0.05) is 45.2 Å². The topological polar surface area (TPSA) is 69.2 Å². The van der Waals surface area contributed by atoms with Crippen LogP contribution >= 0.6 is 22.9 Å². The summed E-state index contributed by atoms with van der Waals surface area (Å²) in [7, 11) is 0. The zero-order valence-corrected chi connectivity index (χ0v) is 16.5. The number of nitrogens with zero attached hydrogens (tertiary/aromatic N) is 2. The van der Waals surface area contributed by atoms with Gasteiger partial charge in [-0.3, -0.25) is 9.89 Å². The van der Waals surface area contributed by atoms with Crippen LogP contribution in [0.25, 0.3) is 10.4 Å². The number of carbonyl (C=O) groups is 1. The highest BCUT2D eigenvalue weighted by molar-refractivity contribution is 7.13. The van der Waals surface area contributed by atoms with Crippen molar-refractivity contribution in [1.29, 1.82) is 0 Å². The molecule has 1 saturated heterocycles. The third-order valence-corrected chi connectivity index (χ3v) is 6.49. The van der Waals surface area contributed by atoms with Gasteiger partial charge in [-0.05, 0) is 31.9 Å². The second-order valence-corrected chi connectivity index (χ2v) is 8.23. The first kappa shape index (κ1) is 18.2. The number of rotatable bonds is 3. The molecule has 1 fully saturated rings. The molecule has 27 heavy (non-hydrogen) atoms. The number of aromatic amines is 1.